The molecular weight excluding hydrogens is 253 g/mol. The Hall–Kier alpha value is -2.48. The summed E-state index contributed by atoms with van der Waals surface area (Å²) >= 11 is 0. The molecule has 0 fully saturated rings. The number of fused-ring (bicyclic) bond motifs is 2. The molecule has 3 aromatic carbocycles. The van der Waals surface area contributed by atoms with Crippen molar-refractivity contribution in [2.75, 3.05) is 4.90 Å². The highest BCUT2D eigenvalue weighted by atomic mass is 15.2. The number of nitrogens with zero attached hydrogens (tertiary/aromatic N) is 1. The van der Waals surface area contributed by atoms with Crippen LogP contribution in [-0.4, -0.2) is 7.85 Å². The van der Waals surface area contributed by atoms with Crippen molar-refractivity contribution in [1.29, 1.82) is 0 Å². The third kappa shape index (κ3) is 2.04. The normalized spacial score (nSPS) is 12.7. The summed E-state index contributed by atoms with van der Waals surface area (Å²) in [4.78, 5) is 2.37. The van der Waals surface area contributed by atoms with Crippen molar-refractivity contribution in [2.45, 2.75) is 6.42 Å². The van der Waals surface area contributed by atoms with E-state index in [-0.39, 0.29) is 0 Å². The molecule has 1 nitrogen and oxygen atoms in total. The SMILES string of the molecule is Bc1ccc2c(c1)Cc1ccccc1N2c1ccccc1. The number of hydrogen-bond acceptors (Lipinski definition) is 1. The Morgan fingerprint density at radius 2 is 1.43 bits per heavy atom. The molecule has 0 spiro atoms. The summed E-state index contributed by atoms with van der Waals surface area (Å²) in [6, 6.07) is 26.0. The first kappa shape index (κ1) is 12.3. The summed E-state index contributed by atoms with van der Waals surface area (Å²) < 4.78 is 0. The van der Waals surface area contributed by atoms with E-state index in [1.165, 1.54) is 33.7 Å². The number of benzene rings is 3. The lowest BCUT2D eigenvalue weighted by atomic mass is 9.88. The van der Waals surface area contributed by atoms with E-state index < -0.39 is 0 Å². The molecule has 1 aliphatic rings. The molecule has 21 heavy (non-hydrogen) atoms. The summed E-state index contributed by atoms with van der Waals surface area (Å²) in [5, 5.41) is 0. The first-order chi connectivity index (χ1) is 10.3. The van der Waals surface area contributed by atoms with E-state index in [0.29, 0.717) is 0 Å². The molecule has 0 aromatic heterocycles. The van der Waals surface area contributed by atoms with Crippen LogP contribution in [0, 0.1) is 0 Å². The van der Waals surface area contributed by atoms with Crippen LogP contribution >= 0.6 is 0 Å². The standard InChI is InChI=1S/C19H16BN/c20-16-10-11-19-15(13-16)12-14-6-4-5-9-18(14)21(19)17-7-2-1-3-8-17/h1-11,13H,12,20H2. The van der Waals surface area contributed by atoms with Crippen molar-refractivity contribution in [1.82, 2.24) is 0 Å². The van der Waals surface area contributed by atoms with Gasteiger partial charge in [-0.1, -0.05) is 54.0 Å². The molecule has 0 bridgehead atoms. The quantitative estimate of drug-likeness (QED) is 0.479. The van der Waals surface area contributed by atoms with Gasteiger partial charge in [-0.2, -0.15) is 0 Å². The minimum atomic E-state index is 1.01. The first-order valence-corrected chi connectivity index (χ1v) is 7.35. The summed E-state index contributed by atoms with van der Waals surface area (Å²) in [5.41, 5.74) is 7.92. The summed E-state index contributed by atoms with van der Waals surface area (Å²) in [6.07, 6.45) is 1.01. The van der Waals surface area contributed by atoms with Gasteiger partial charge in [-0.15, -0.1) is 0 Å². The Morgan fingerprint density at radius 1 is 0.714 bits per heavy atom. The molecule has 0 saturated carbocycles. The van der Waals surface area contributed by atoms with Gasteiger partial charge in [0.25, 0.3) is 0 Å². The predicted molar refractivity (Wildman–Crippen MR) is 92.1 cm³/mol. The molecule has 0 saturated heterocycles. The van der Waals surface area contributed by atoms with E-state index in [2.05, 4.69) is 85.5 Å². The summed E-state index contributed by atoms with van der Waals surface area (Å²) in [7, 11) is 2.16. The number of hydrogen-bond donors (Lipinski definition) is 0. The van der Waals surface area contributed by atoms with Crippen molar-refractivity contribution in [3.8, 4) is 0 Å². The number of anilines is 3. The third-order valence-corrected chi connectivity index (χ3v) is 4.10. The fourth-order valence-corrected chi connectivity index (χ4v) is 3.14. The topological polar surface area (TPSA) is 3.24 Å². The van der Waals surface area contributed by atoms with Gasteiger partial charge in [0.05, 0.1) is 0 Å². The third-order valence-electron chi connectivity index (χ3n) is 4.10. The Balaban J connectivity index is 1.97. The molecule has 0 unspecified atom stereocenters. The molecule has 0 N–H and O–H groups in total. The van der Waals surface area contributed by atoms with Crippen molar-refractivity contribution >= 4 is 30.4 Å². The van der Waals surface area contributed by atoms with E-state index in [9.17, 15) is 0 Å². The lowest BCUT2D eigenvalue weighted by molar-refractivity contribution is 1.09. The van der Waals surface area contributed by atoms with E-state index in [4.69, 9.17) is 0 Å². The Labute approximate surface area is 126 Å². The minimum absolute atomic E-state index is 1.01. The lowest BCUT2D eigenvalue weighted by Crippen LogP contribution is -2.20. The van der Waals surface area contributed by atoms with Gasteiger partial charge < -0.3 is 4.90 Å². The van der Waals surface area contributed by atoms with Crippen molar-refractivity contribution in [3.63, 3.8) is 0 Å². The van der Waals surface area contributed by atoms with E-state index >= 15 is 0 Å². The second-order valence-electron chi connectivity index (χ2n) is 5.61. The van der Waals surface area contributed by atoms with Crippen LogP contribution in [-0.2, 0) is 6.42 Å². The fourth-order valence-electron chi connectivity index (χ4n) is 3.14. The monoisotopic (exact) mass is 269 g/mol. The second-order valence-corrected chi connectivity index (χ2v) is 5.61. The van der Waals surface area contributed by atoms with Gasteiger partial charge >= 0.3 is 0 Å². The van der Waals surface area contributed by atoms with E-state index in [0.717, 1.165) is 6.42 Å². The molecule has 3 aromatic rings. The van der Waals surface area contributed by atoms with Crippen LogP contribution in [0.25, 0.3) is 0 Å². The smallest absolute Gasteiger partial charge is 0.139 e. The largest absolute Gasteiger partial charge is 0.310 e. The zero-order valence-corrected chi connectivity index (χ0v) is 12.1. The van der Waals surface area contributed by atoms with Crippen LogP contribution in [0.2, 0.25) is 0 Å². The van der Waals surface area contributed by atoms with Crippen LogP contribution in [0.15, 0.2) is 72.8 Å². The zero-order valence-electron chi connectivity index (χ0n) is 12.1. The summed E-state index contributed by atoms with van der Waals surface area (Å²) in [5.74, 6) is 0. The average Bonchev–Trinajstić information content (AvgIpc) is 2.53. The molecule has 0 radical (unpaired) electrons. The molecule has 0 atom stereocenters. The van der Waals surface area contributed by atoms with Crippen molar-refractivity contribution in [2.24, 2.45) is 0 Å². The van der Waals surface area contributed by atoms with Crippen molar-refractivity contribution in [3.05, 3.63) is 83.9 Å². The van der Waals surface area contributed by atoms with Gasteiger partial charge in [-0.3, -0.25) is 0 Å². The zero-order chi connectivity index (χ0) is 14.2. The minimum Gasteiger partial charge on any atom is -0.310 e. The molecule has 1 heterocycles. The maximum atomic E-state index is 2.37. The van der Waals surface area contributed by atoms with Crippen LogP contribution < -0.4 is 10.4 Å². The average molecular weight is 269 g/mol. The highest BCUT2D eigenvalue weighted by molar-refractivity contribution is 6.32. The van der Waals surface area contributed by atoms with Gasteiger partial charge in [0.15, 0.2) is 0 Å². The van der Waals surface area contributed by atoms with Crippen LogP contribution in [0.3, 0.4) is 0 Å². The molecule has 2 heteroatoms. The molecular formula is C19H16BN. The molecule has 0 amide bonds. The molecule has 0 aliphatic carbocycles. The van der Waals surface area contributed by atoms with Crippen LogP contribution in [0.1, 0.15) is 11.1 Å². The highest BCUT2D eigenvalue weighted by Crippen LogP contribution is 2.42. The molecule has 4 rings (SSSR count). The fraction of sp³-hybridized carbons (Fsp3) is 0.0526. The first-order valence-electron chi connectivity index (χ1n) is 7.35. The van der Waals surface area contributed by atoms with Gasteiger partial charge in [0, 0.05) is 23.5 Å². The van der Waals surface area contributed by atoms with Gasteiger partial charge in [-0.05, 0) is 35.4 Å². The maximum absolute atomic E-state index is 2.37. The number of para-hydroxylation sites is 2. The number of rotatable bonds is 1. The van der Waals surface area contributed by atoms with Crippen LogP contribution in [0.5, 0.6) is 0 Å². The second kappa shape index (κ2) is 4.82. The Bertz CT molecular complexity index is 796. The van der Waals surface area contributed by atoms with Crippen LogP contribution in [0.4, 0.5) is 17.1 Å². The van der Waals surface area contributed by atoms with Gasteiger partial charge in [0.2, 0.25) is 0 Å². The van der Waals surface area contributed by atoms with Crippen molar-refractivity contribution < 1.29 is 0 Å². The molecule has 100 valence electrons. The maximum Gasteiger partial charge on any atom is 0.139 e. The Kier molecular flexibility index (Phi) is 2.82. The lowest BCUT2D eigenvalue weighted by Gasteiger charge is -2.33. The van der Waals surface area contributed by atoms with Gasteiger partial charge in [0.1, 0.15) is 7.85 Å². The summed E-state index contributed by atoms with van der Waals surface area (Å²) in [6.45, 7) is 0. The Morgan fingerprint density at radius 3 is 2.29 bits per heavy atom. The van der Waals surface area contributed by atoms with E-state index in [1.54, 1.807) is 0 Å². The van der Waals surface area contributed by atoms with E-state index in [1.807, 2.05) is 0 Å². The highest BCUT2D eigenvalue weighted by Gasteiger charge is 2.23. The molecule has 1 aliphatic heterocycles. The predicted octanol–water partition coefficient (Wildman–Crippen LogP) is 3.32. The van der Waals surface area contributed by atoms with Gasteiger partial charge in [-0.25, -0.2) is 0 Å².